The fourth-order valence-electron chi connectivity index (χ4n) is 2.06. The molecule has 0 bridgehead atoms. The maximum atomic E-state index is 11.7. The van der Waals surface area contributed by atoms with Crippen LogP contribution in [0.4, 0.5) is 5.69 Å². The smallest absolute Gasteiger partial charge is 0.253 e. The van der Waals surface area contributed by atoms with Crippen LogP contribution in [0.25, 0.3) is 0 Å². The van der Waals surface area contributed by atoms with E-state index >= 15 is 0 Å². The first-order valence-corrected chi connectivity index (χ1v) is 8.08. The quantitative estimate of drug-likeness (QED) is 0.551. The molecule has 126 valence electrons. The van der Waals surface area contributed by atoms with Crippen molar-refractivity contribution >= 4 is 40.7 Å². The molecular weight excluding hydrogens is 343 g/mol. The van der Waals surface area contributed by atoms with Crippen LogP contribution in [-0.2, 0) is 9.59 Å². The van der Waals surface area contributed by atoms with Crippen LogP contribution >= 0.6 is 23.2 Å². The molecule has 2 amide bonds. The summed E-state index contributed by atoms with van der Waals surface area (Å²) >= 11 is 10.9. The Labute approximate surface area is 143 Å². The second kappa shape index (κ2) is 7.97. The second-order valence-corrected chi connectivity index (χ2v) is 6.52. The van der Waals surface area contributed by atoms with E-state index in [4.69, 9.17) is 23.2 Å². The maximum absolute atomic E-state index is 11.7. The lowest BCUT2D eigenvalue weighted by atomic mass is 10.0. The summed E-state index contributed by atoms with van der Waals surface area (Å²) in [4.78, 5) is 21.8. The highest BCUT2D eigenvalue weighted by Crippen LogP contribution is 2.30. The van der Waals surface area contributed by atoms with E-state index in [0.29, 0.717) is 11.3 Å². The van der Waals surface area contributed by atoms with Crippen molar-refractivity contribution < 1.29 is 19.8 Å². The van der Waals surface area contributed by atoms with Gasteiger partial charge in [0.2, 0.25) is 5.91 Å². The van der Waals surface area contributed by atoms with Crippen LogP contribution in [-0.4, -0.2) is 39.5 Å². The maximum Gasteiger partial charge on any atom is 0.253 e. The summed E-state index contributed by atoms with van der Waals surface area (Å²) in [6.45, 7) is -0.479. The van der Waals surface area contributed by atoms with Crippen LogP contribution in [0.5, 0.6) is 0 Å². The predicted molar refractivity (Wildman–Crippen MR) is 87.3 cm³/mol. The number of carbonyl (C=O) groups excluding carboxylic acids is 2. The molecule has 1 saturated carbocycles. The lowest BCUT2D eigenvalue weighted by molar-refractivity contribution is -0.121. The van der Waals surface area contributed by atoms with E-state index < -0.39 is 29.5 Å². The van der Waals surface area contributed by atoms with Crippen molar-refractivity contribution in [2.24, 2.45) is 5.92 Å². The van der Waals surface area contributed by atoms with E-state index in [-0.39, 0.29) is 11.8 Å². The molecule has 0 saturated heterocycles. The summed E-state index contributed by atoms with van der Waals surface area (Å²) in [6, 6.07) is 5.60. The lowest BCUT2D eigenvalue weighted by Crippen LogP contribution is -2.44. The zero-order valence-corrected chi connectivity index (χ0v) is 13.7. The fraction of sp³-hybridized carbons (Fsp3) is 0.467. The minimum Gasteiger partial charge on any atom is -0.394 e. The summed E-state index contributed by atoms with van der Waals surface area (Å²) in [5.74, 6) is -0.595. The topological polar surface area (TPSA) is 98.7 Å². The Morgan fingerprint density at radius 1 is 1.22 bits per heavy atom. The third kappa shape index (κ3) is 5.07. The average molecular weight is 361 g/mol. The molecule has 0 radical (unpaired) electrons. The SMILES string of the molecule is O=C(N[C@H](CO)[C@H](O)c1ccc(NC(=O)C2CC2)cc1)C(Cl)Cl. The molecule has 6 nitrogen and oxygen atoms in total. The number of aliphatic hydroxyl groups excluding tert-OH is 2. The van der Waals surface area contributed by atoms with E-state index in [1.54, 1.807) is 24.3 Å². The molecule has 4 N–H and O–H groups in total. The number of hydrogen-bond donors (Lipinski definition) is 4. The van der Waals surface area contributed by atoms with Gasteiger partial charge in [-0.15, -0.1) is 0 Å². The molecule has 0 spiro atoms. The zero-order chi connectivity index (χ0) is 17.0. The standard InChI is InChI=1S/C15H18Cl2N2O4/c16-13(17)15(23)19-11(7-20)12(21)8-3-5-10(6-4-8)18-14(22)9-1-2-9/h3-6,9,11-13,20-21H,1-2,7H2,(H,18,22)(H,19,23)/t11-,12-/m1/s1. The summed E-state index contributed by atoms with van der Waals surface area (Å²) in [6.07, 6.45) is 0.704. The van der Waals surface area contributed by atoms with E-state index in [1.165, 1.54) is 0 Å². The van der Waals surface area contributed by atoms with Crippen molar-refractivity contribution in [3.8, 4) is 0 Å². The molecule has 0 aromatic heterocycles. The Kier molecular flexibility index (Phi) is 6.24. The molecule has 1 aromatic rings. The number of rotatable bonds is 7. The van der Waals surface area contributed by atoms with Crippen molar-refractivity contribution in [2.45, 2.75) is 29.8 Å². The lowest BCUT2D eigenvalue weighted by Gasteiger charge is -2.23. The number of anilines is 1. The average Bonchev–Trinajstić information content (AvgIpc) is 3.37. The van der Waals surface area contributed by atoms with E-state index in [1.807, 2.05) is 0 Å². The molecule has 0 heterocycles. The minimum atomic E-state index is -1.28. The van der Waals surface area contributed by atoms with Crippen LogP contribution < -0.4 is 10.6 Å². The largest absolute Gasteiger partial charge is 0.394 e. The van der Waals surface area contributed by atoms with Crippen LogP contribution in [0.2, 0.25) is 0 Å². The van der Waals surface area contributed by atoms with Crippen molar-refractivity contribution in [2.75, 3.05) is 11.9 Å². The molecule has 1 aromatic carbocycles. The molecule has 1 aliphatic rings. The predicted octanol–water partition coefficient (Wildman–Crippen LogP) is 1.35. The molecule has 1 fully saturated rings. The van der Waals surface area contributed by atoms with Crippen molar-refractivity contribution in [1.82, 2.24) is 5.32 Å². The molecule has 23 heavy (non-hydrogen) atoms. The van der Waals surface area contributed by atoms with Gasteiger partial charge in [0.15, 0.2) is 4.84 Å². The molecule has 1 aliphatic carbocycles. The van der Waals surface area contributed by atoms with Gasteiger partial charge in [-0.25, -0.2) is 0 Å². The minimum absolute atomic E-state index is 0.00550. The van der Waals surface area contributed by atoms with Crippen LogP contribution in [0.15, 0.2) is 24.3 Å². The Morgan fingerprint density at radius 2 is 1.83 bits per heavy atom. The van der Waals surface area contributed by atoms with Crippen molar-refractivity contribution in [1.29, 1.82) is 0 Å². The Bertz CT molecular complexity index is 561. The van der Waals surface area contributed by atoms with Crippen LogP contribution in [0, 0.1) is 5.92 Å². The zero-order valence-electron chi connectivity index (χ0n) is 12.2. The van der Waals surface area contributed by atoms with E-state index in [2.05, 4.69) is 10.6 Å². The molecule has 0 unspecified atom stereocenters. The monoisotopic (exact) mass is 360 g/mol. The third-order valence-corrected chi connectivity index (χ3v) is 3.97. The highest BCUT2D eigenvalue weighted by atomic mass is 35.5. The summed E-state index contributed by atoms with van der Waals surface area (Å²) in [7, 11) is 0. The fourth-order valence-corrected chi connectivity index (χ4v) is 2.18. The van der Waals surface area contributed by atoms with Gasteiger partial charge in [0.05, 0.1) is 12.6 Å². The van der Waals surface area contributed by atoms with Gasteiger partial charge in [-0.05, 0) is 30.5 Å². The van der Waals surface area contributed by atoms with Crippen molar-refractivity contribution in [3.63, 3.8) is 0 Å². The number of aliphatic hydroxyl groups is 2. The second-order valence-electron chi connectivity index (χ2n) is 5.43. The number of benzene rings is 1. The van der Waals surface area contributed by atoms with Crippen LogP contribution in [0.1, 0.15) is 24.5 Å². The number of nitrogens with one attached hydrogen (secondary N) is 2. The van der Waals surface area contributed by atoms with E-state index in [0.717, 1.165) is 12.8 Å². The van der Waals surface area contributed by atoms with Gasteiger partial charge >= 0.3 is 0 Å². The molecule has 2 rings (SSSR count). The number of carbonyl (C=O) groups is 2. The molecule has 0 aliphatic heterocycles. The molecular formula is C15H18Cl2N2O4. The van der Waals surface area contributed by atoms with Crippen LogP contribution in [0.3, 0.4) is 0 Å². The first kappa shape index (κ1) is 18.0. The van der Waals surface area contributed by atoms with Gasteiger partial charge in [-0.1, -0.05) is 35.3 Å². The normalized spacial score (nSPS) is 16.7. The first-order valence-electron chi connectivity index (χ1n) is 7.20. The Balaban J connectivity index is 1.98. The first-order chi connectivity index (χ1) is 10.9. The van der Waals surface area contributed by atoms with Gasteiger partial charge in [0.1, 0.15) is 6.10 Å². The highest BCUT2D eigenvalue weighted by Gasteiger charge is 2.29. The van der Waals surface area contributed by atoms with Gasteiger partial charge in [-0.2, -0.15) is 0 Å². The molecule has 8 heteroatoms. The van der Waals surface area contributed by atoms with Gasteiger partial charge in [-0.3, -0.25) is 9.59 Å². The summed E-state index contributed by atoms with van der Waals surface area (Å²) in [5.41, 5.74) is 1.11. The summed E-state index contributed by atoms with van der Waals surface area (Å²) < 4.78 is 0. The molecule has 2 atom stereocenters. The Hall–Kier alpha value is -1.34. The number of hydrogen-bond acceptors (Lipinski definition) is 4. The Morgan fingerprint density at radius 3 is 2.30 bits per heavy atom. The van der Waals surface area contributed by atoms with Gasteiger partial charge in [0.25, 0.3) is 5.91 Å². The van der Waals surface area contributed by atoms with E-state index in [9.17, 15) is 19.8 Å². The van der Waals surface area contributed by atoms with Gasteiger partial charge < -0.3 is 20.8 Å². The summed E-state index contributed by atoms with van der Waals surface area (Å²) in [5, 5.41) is 24.7. The number of halogens is 2. The number of alkyl halides is 2. The third-order valence-electron chi connectivity index (χ3n) is 3.57. The van der Waals surface area contributed by atoms with Gasteiger partial charge in [0, 0.05) is 11.6 Å². The highest BCUT2D eigenvalue weighted by molar-refractivity contribution is 6.53. The van der Waals surface area contributed by atoms with Crippen molar-refractivity contribution in [3.05, 3.63) is 29.8 Å². The number of amides is 2.